The van der Waals surface area contributed by atoms with Crippen LogP contribution in [0.25, 0.3) is 6.08 Å². The Morgan fingerprint density at radius 3 is 2.79 bits per heavy atom. The highest BCUT2D eigenvalue weighted by molar-refractivity contribution is 7.90. The minimum Gasteiger partial charge on any atom is -0.478 e. The van der Waals surface area contributed by atoms with E-state index in [2.05, 4.69) is 9.71 Å². The van der Waals surface area contributed by atoms with Crippen LogP contribution in [0.2, 0.25) is 0 Å². The molecule has 0 spiro atoms. The molecule has 0 atom stereocenters. The number of thiazole rings is 1. The second kappa shape index (κ2) is 5.68. The number of nitrogens with one attached hydrogen (secondary N) is 1. The van der Waals surface area contributed by atoms with E-state index in [0.717, 1.165) is 30.3 Å². The Hall–Kier alpha value is -1.45. The number of aromatic nitrogens is 1. The van der Waals surface area contributed by atoms with Crippen molar-refractivity contribution >= 4 is 38.7 Å². The van der Waals surface area contributed by atoms with Gasteiger partial charge >= 0.3 is 16.2 Å². The van der Waals surface area contributed by atoms with Crippen molar-refractivity contribution in [2.24, 2.45) is 0 Å². The van der Waals surface area contributed by atoms with Gasteiger partial charge in [0.2, 0.25) is 0 Å². The third kappa shape index (κ3) is 3.75. The Kier molecular flexibility index (Phi) is 4.17. The molecule has 1 saturated heterocycles. The largest absolute Gasteiger partial charge is 0.478 e. The second-order valence-electron chi connectivity index (χ2n) is 3.95. The summed E-state index contributed by atoms with van der Waals surface area (Å²) in [7, 11) is -3.54. The number of aliphatic carboxylic acids is 1. The summed E-state index contributed by atoms with van der Waals surface area (Å²) in [5.74, 6) is -1.06. The van der Waals surface area contributed by atoms with Gasteiger partial charge in [0.25, 0.3) is 0 Å². The minimum absolute atomic E-state index is 0.233. The van der Waals surface area contributed by atoms with Gasteiger partial charge in [0.1, 0.15) is 0 Å². The van der Waals surface area contributed by atoms with Crippen molar-refractivity contribution in [3.8, 4) is 0 Å². The van der Waals surface area contributed by atoms with E-state index < -0.39 is 16.2 Å². The van der Waals surface area contributed by atoms with E-state index in [1.54, 1.807) is 0 Å². The zero-order valence-corrected chi connectivity index (χ0v) is 11.6. The first-order valence-corrected chi connectivity index (χ1v) is 7.88. The van der Waals surface area contributed by atoms with E-state index in [9.17, 15) is 13.2 Å². The van der Waals surface area contributed by atoms with Gasteiger partial charge in [-0.15, -0.1) is 0 Å². The predicted molar refractivity (Wildman–Crippen MR) is 72.1 cm³/mol. The highest BCUT2D eigenvalue weighted by Crippen LogP contribution is 2.22. The molecule has 0 radical (unpaired) electrons. The molecule has 0 unspecified atom stereocenters. The first kappa shape index (κ1) is 14.0. The van der Waals surface area contributed by atoms with E-state index in [4.69, 9.17) is 5.11 Å². The fourth-order valence-electron chi connectivity index (χ4n) is 1.67. The van der Waals surface area contributed by atoms with Crippen LogP contribution in [0.1, 0.15) is 17.7 Å². The van der Waals surface area contributed by atoms with E-state index in [-0.39, 0.29) is 5.13 Å². The summed E-state index contributed by atoms with van der Waals surface area (Å²) in [6.07, 6.45) is 5.50. The number of nitrogens with zero attached hydrogens (tertiary/aromatic N) is 2. The van der Waals surface area contributed by atoms with Crippen molar-refractivity contribution in [1.82, 2.24) is 9.29 Å². The summed E-state index contributed by atoms with van der Waals surface area (Å²) in [5.41, 5.74) is 0. The Balaban J connectivity index is 2.05. The number of hydrogen-bond donors (Lipinski definition) is 2. The van der Waals surface area contributed by atoms with Crippen LogP contribution < -0.4 is 4.72 Å². The molecule has 0 aliphatic carbocycles. The molecule has 1 aromatic heterocycles. The lowest BCUT2D eigenvalue weighted by Crippen LogP contribution is -2.33. The van der Waals surface area contributed by atoms with Crippen LogP contribution in [0, 0.1) is 0 Å². The van der Waals surface area contributed by atoms with Crippen molar-refractivity contribution in [1.29, 1.82) is 0 Å². The zero-order valence-electron chi connectivity index (χ0n) is 9.94. The molecule has 2 heterocycles. The van der Waals surface area contributed by atoms with Crippen LogP contribution in [0.15, 0.2) is 12.3 Å². The number of hydrogen-bond acceptors (Lipinski definition) is 5. The zero-order chi connectivity index (χ0) is 13.9. The molecule has 0 amide bonds. The molecule has 0 bridgehead atoms. The Morgan fingerprint density at radius 1 is 1.47 bits per heavy atom. The minimum atomic E-state index is -3.54. The van der Waals surface area contributed by atoms with Crippen LogP contribution in [0.3, 0.4) is 0 Å². The number of rotatable bonds is 5. The third-order valence-corrected chi connectivity index (χ3v) is 5.04. The number of carboxylic acid groups (broad SMARTS) is 1. The monoisotopic (exact) mass is 303 g/mol. The van der Waals surface area contributed by atoms with Gasteiger partial charge in [0, 0.05) is 30.2 Å². The first-order chi connectivity index (χ1) is 8.97. The smallest absolute Gasteiger partial charge is 0.328 e. The normalized spacial score (nSPS) is 17.1. The Labute approximate surface area is 114 Å². The molecule has 2 N–H and O–H groups in total. The van der Waals surface area contributed by atoms with Gasteiger partial charge in [-0.05, 0) is 18.9 Å². The van der Waals surface area contributed by atoms with Crippen LogP contribution in [-0.4, -0.2) is 41.9 Å². The fraction of sp³-hybridized carbons (Fsp3) is 0.400. The van der Waals surface area contributed by atoms with Crippen molar-refractivity contribution in [3.05, 3.63) is 17.2 Å². The SMILES string of the molecule is O=C(O)/C=C/c1cnc(NS(=O)(=O)N2CCCC2)s1. The lowest BCUT2D eigenvalue weighted by Gasteiger charge is -2.14. The number of carbonyl (C=O) groups is 1. The summed E-state index contributed by atoms with van der Waals surface area (Å²) in [6.45, 7) is 1.04. The summed E-state index contributed by atoms with van der Waals surface area (Å²) >= 11 is 1.08. The van der Waals surface area contributed by atoms with Gasteiger partial charge in [-0.3, -0.25) is 0 Å². The van der Waals surface area contributed by atoms with Gasteiger partial charge in [0.05, 0.1) is 0 Å². The molecule has 1 aromatic rings. The lowest BCUT2D eigenvalue weighted by atomic mass is 10.4. The third-order valence-electron chi connectivity index (χ3n) is 2.53. The molecule has 1 aliphatic heterocycles. The molecule has 19 heavy (non-hydrogen) atoms. The molecule has 9 heteroatoms. The predicted octanol–water partition coefficient (Wildman–Crippen LogP) is 0.993. The lowest BCUT2D eigenvalue weighted by molar-refractivity contribution is -0.131. The average Bonchev–Trinajstić information content (AvgIpc) is 2.96. The standard InChI is InChI=1S/C10H13N3O4S2/c14-9(15)4-3-8-7-11-10(18-8)12-19(16,17)13-5-1-2-6-13/h3-4,7H,1-2,5-6H2,(H,11,12)(H,14,15)/b4-3+. The van der Waals surface area contributed by atoms with Gasteiger partial charge < -0.3 is 5.11 Å². The Morgan fingerprint density at radius 2 is 2.16 bits per heavy atom. The van der Waals surface area contributed by atoms with Gasteiger partial charge in [-0.2, -0.15) is 12.7 Å². The molecular formula is C10H13N3O4S2. The van der Waals surface area contributed by atoms with Crippen molar-refractivity contribution in [2.45, 2.75) is 12.8 Å². The first-order valence-electron chi connectivity index (χ1n) is 5.62. The molecule has 1 fully saturated rings. The van der Waals surface area contributed by atoms with E-state index in [1.165, 1.54) is 16.6 Å². The topological polar surface area (TPSA) is 99.6 Å². The summed E-state index contributed by atoms with van der Waals surface area (Å²) < 4.78 is 27.7. The summed E-state index contributed by atoms with van der Waals surface area (Å²) in [5, 5.41) is 8.72. The maximum Gasteiger partial charge on any atom is 0.328 e. The molecular weight excluding hydrogens is 290 g/mol. The van der Waals surface area contributed by atoms with Crippen LogP contribution in [0.5, 0.6) is 0 Å². The van der Waals surface area contributed by atoms with Crippen molar-refractivity contribution < 1.29 is 18.3 Å². The van der Waals surface area contributed by atoms with Crippen molar-refractivity contribution in [2.75, 3.05) is 17.8 Å². The molecule has 104 valence electrons. The van der Waals surface area contributed by atoms with Crippen LogP contribution in [-0.2, 0) is 15.0 Å². The fourth-order valence-corrected chi connectivity index (χ4v) is 3.86. The van der Waals surface area contributed by atoms with Crippen LogP contribution >= 0.6 is 11.3 Å². The molecule has 2 rings (SSSR count). The number of anilines is 1. The van der Waals surface area contributed by atoms with E-state index in [0.29, 0.717) is 18.0 Å². The molecule has 7 nitrogen and oxygen atoms in total. The van der Waals surface area contributed by atoms with Gasteiger partial charge in [0.15, 0.2) is 5.13 Å². The highest BCUT2D eigenvalue weighted by atomic mass is 32.2. The van der Waals surface area contributed by atoms with Gasteiger partial charge in [-0.25, -0.2) is 14.5 Å². The quantitative estimate of drug-likeness (QED) is 0.790. The summed E-state index contributed by atoms with van der Waals surface area (Å²) in [6, 6.07) is 0. The number of carboxylic acids is 1. The van der Waals surface area contributed by atoms with E-state index in [1.807, 2.05) is 0 Å². The highest BCUT2D eigenvalue weighted by Gasteiger charge is 2.25. The Bertz CT molecular complexity index is 588. The average molecular weight is 303 g/mol. The molecule has 1 aliphatic rings. The van der Waals surface area contributed by atoms with Gasteiger partial charge in [-0.1, -0.05) is 11.3 Å². The maximum atomic E-state index is 11.9. The molecule has 0 saturated carbocycles. The maximum absolute atomic E-state index is 11.9. The van der Waals surface area contributed by atoms with Crippen molar-refractivity contribution in [3.63, 3.8) is 0 Å². The second-order valence-corrected chi connectivity index (χ2v) is 6.69. The molecule has 0 aromatic carbocycles. The van der Waals surface area contributed by atoms with E-state index >= 15 is 0 Å². The van der Waals surface area contributed by atoms with Crippen LogP contribution in [0.4, 0.5) is 5.13 Å². The summed E-state index contributed by atoms with van der Waals surface area (Å²) in [4.78, 5) is 14.8.